The summed E-state index contributed by atoms with van der Waals surface area (Å²) in [5.41, 5.74) is 4.74. The van der Waals surface area contributed by atoms with Crippen molar-refractivity contribution in [1.29, 1.82) is 0 Å². The Kier molecular flexibility index (Phi) is 6.17. The third kappa shape index (κ3) is 4.30. The summed E-state index contributed by atoms with van der Waals surface area (Å²) in [6, 6.07) is 10.0. The van der Waals surface area contributed by atoms with Gasteiger partial charge in [-0.15, -0.1) is 0 Å². The van der Waals surface area contributed by atoms with E-state index in [0.29, 0.717) is 6.54 Å². The van der Waals surface area contributed by atoms with Crippen molar-refractivity contribution in [2.75, 3.05) is 14.2 Å². The second kappa shape index (κ2) is 7.99. The summed E-state index contributed by atoms with van der Waals surface area (Å²) in [6.07, 6.45) is 0. The quantitative estimate of drug-likeness (QED) is 0.787. The molecule has 0 saturated carbocycles. The van der Waals surface area contributed by atoms with Gasteiger partial charge in [-0.2, -0.15) is 0 Å². The molecule has 0 aliphatic carbocycles. The van der Waals surface area contributed by atoms with Gasteiger partial charge in [0, 0.05) is 19.2 Å². The van der Waals surface area contributed by atoms with E-state index >= 15 is 0 Å². The first-order valence-electron chi connectivity index (χ1n) is 8.15. The molecule has 0 aliphatic rings. The van der Waals surface area contributed by atoms with E-state index in [4.69, 9.17) is 4.84 Å². The van der Waals surface area contributed by atoms with Crippen LogP contribution in [-0.2, 0) is 21.4 Å². The number of rotatable bonds is 6. The first kappa shape index (κ1) is 20.1. The molecule has 26 heavy (non-hydrogen) atoms. The number of nitrogens with zero attached hydrogens (tertiary/aromatic N) is 1. The molecule has 0 radical (unpaired) electrons. The van der Waals surface area contributed by atoms with Gasteiger partial charge in [-0.3, -0.25) is 9.63 Å². The van der Waals surface area contributed by atoms with Crippen molar-refractivity contribution in [3.05, 3.63) is 64.2 Å². The van der Waals surface area contributed by atoms with E-state index in [1.165, 1.54) is 37.9 Å². The average Bonchev–Trinajstić information content (AvgIpc) is 2.59. The van der Waals surface area contributed by atoms with Crippen LogP contribution in [0.25, 0.3) is 0 Å². The van der Waals surface area contributed by atoms with E-state index in [1.54, 1.807) is 6.07 Å². The Balaban J connectivity index is 2.20. The largest absolute Gasteiger partial charge is 0.348 e. The molecule has 0 atom stereocenters. The zero-order valence-corrected chi connectivity index (χ0v) is 16.5. The summed E-state index contributed by atoms with van der Waals surface area (Å²) in [4.78, 5) is 17.2. The minimum atomic E-state index is -3.80. The third-order valence-electron chi connectivity index (χ3n) is 4.26. The van der Waals surface area contributed by atoms with Crippen molar-refractivity contribution in [3.63, 3.8) is 0 Å². The maximum atomic E-state index is 12.5. The normalized spacial score (nSPS) is 11.6. The molecule has 0 fully saturated rings. The highest BCUT2D eigenvalue weighted by atomic mass is 32.2. The Morgan fingerprint density at radius 1 is 1.12 bits per heavy atom. The lowest BCUT2D eigenvalue weighted by Crippen LogP contribution is -2.27. The molecule has 2 aromatic rings. The number of hydroxylamine groups is 1. The van der Waals surface area contributed by atoms with Crippen molar-refractivity contribution in [2.45, 2.75) is 32.2 Å². The second-order valence-corrected chi connectivity index (χ2v) is 8.12. The maximum Gasteiger partial charge on any atom is 0.264 e. The van der Waals surface area contributed by atoms with Crippen LogP contribution in [-0.4, -0.2) is 33.0 Å². The van der Waals surface area contributed by atoms with Crippen molar-refractivity contribution < 1.29 is 18.0 Å². The van der Waals surface area contributed by atoms with Crippen LogP contribution in [0.3, 0.4) is 0 Å². The van der Waals surface area contributed by atoms with Crippen LogP contribution < -0.4 is 5.32 Å². The van der Waals surface area contributed by atoms with E-state index < -0.39 is 10.0 Å². The molecule has 0 saturated heterocycles. The Bertz CT molecular complexity index is 900. The highest BCUT2D eigenvalue weighted by molar-refractivity contribution is 7.89. The van der Waals surface area contributed by atoms with E-state index in [2.05, 4.69) is 17.4 Å². The number of hydrogen-bond donors (Lipinski definition) is 1. The van der Waals surface area contributed by atoms with Crippen LogP contribution in [0, 0.1) is 20.8 Å². The zero-order chi connectivity index (χ0) is 19.5. The monoisotopic (exact) mass is 376 g/mol. The number of benzene rings is 2. The molecule has 7 heteroatoms. The first-order chi connectivity index (χ1) is 12.2. The summed E-state index contributed by atoms with van der Waals surface area (Å²) >= 11 is 0. The fraction of sp³-hybridized carbons (Fsp3) is 0.316. The second-order valence-electron chi connectivity index (χ2n) is 6.19. The van der Waals surface area contributed by atoms with E-state index in [0.717, 1.165) is 21.2 Å². The van der Waals surface area contributed by atoms with Gasteiger partial charge in [0.25, 0.3) is 15.9 Å². The van der Waals surface area contributed by atoms with Gasteiger partial charge in [0.15, 0.2) is 0 Å². The number of carbonyl (C=O) groups excluding carboxylic acids is 1. The Morgan fingerprint density at radius 3 is 2.31 bits per heavy atom. The smallest absolute Gasteiger partial charge is 0.264 e. The van der Waals surface area contributed by atoms with Crippen LogP contribution >= 0.6 is 0 Å². The van der Waals surface area contributed by atoms with Gasteiger partial charge in [-0.1, -0.05) is 28.2 Å². The Morgan fingerprint density at radius 2 is 1.73 bits per heavy atom. The van der Waals surface area contributed by atoms with E-state index in [-0.39, 0.29) is 16.4 Å². The molecule has 2 rings (SSSR count). The van der Waals surface area contributed by atoms with Gasteiger partial charge in [-0.25, -0.2) is 8.42 Å². The van der Waals surface area contributed by atoms with Crippen molar-refractivity contribution >= 4 is 15.9 Å². The number of carbonyl (C=O) groups is 1. The van der Waals surface area contributed by atoms with Crippen LogP contribution in [0.1, 0.15) is 32.6 Å². The van der Waals surface area contributed by atoms with Crippen LogP contribution in [0.4, 0.5) is 0 Å². The molecular formula is C19H24N2O4S. The Hall–Kier alpha value is -2.22. The number of nitrogens with one attached hydrogen (secondary N) is 1. The number of hydrogen-bond acceptors (Lipinski definition) is 4. The van der Waals surface area contributed by atoms with E-state index in [9.17, 15) is 13.2 Å². The third-order valence-corrected chi connectivity index (χ3v) is 5.93. The summed E-state index contributed by atoms with van der Waals surface area (Å²) in [5, 5.41) is 2.86. The highest BCUT2D eigenvalue weighted by Gasteiger charge is 2.22. The van der Waals surface area contributed by atoms with Crippen molar-refractivity contribution in [3.8, 4) is 0 Å². The molecule has 1 N–H and O–H groups in total. The van der Waals surface area contributed by atoms with Crippen LogP contribution in [0.15, 0.2) is 41.3 Å². The molecular weight excluding hydrogens is 352 g/mol. The molecule has 0 bridgehead atoms. The first-order valence-corrected chi connectivity index (χ1v) is 9.59. The van der Waals surface area contributed by atoms with E-state index in [1.807, 2.05) is 20.8 Å². The molecule has 6 nitrogen and oxygen atoms in total. The lowest BCUT2D eigenvalue weighted by atomic mass is 10.00. The topological polar surface area (TPSA) is 75.7 Å². The maximum absolute atomic E-state index is 12.5. The summed E-state index contributed by atoms with van der Waals surface area (Å²) in [7, 11) is -1.24. The SMILES string of the molecule is CON(C)S(=O)(=O)c1cccc(C(=O)NCc2c(C)cc(C)cc2C)c1. The predicted octanol–water partition coefficient (Wildman–Crippen LogP) is 2.72. The van der Waals surface area contributed by atoms with Gasteiger partial charge >= 0.3 is 0 Å². The molecule has 1 amide bonds. The zero-order valence-electron chi connectivity index (χ0n) is 15.7. The fourth-order valence-electron chi connectivity index (χ4n) is 2.80. The lowest BCUT2D eigenvalue weighted by Gasteiger charge is -2.15. The molecule has 2 aromatic carbocycles. The van der Waals surface area contributed by atoms with Gasteiger partial charge in [-0.05, 0) is 55.7 Å². The molecule has 0 spiro atoms. The lowest BCUT2D eigenvalue weighted by molar-refractivity contribution is -0.0258. The predicted molar refractivity (Wildman–Crippen MR) is 100 cm³/mol. The van der Waals surface area contributed by atoms with Gasteiger partial charge in [0.1, 0.15) is 0 Å². The number of sulfonamides is 1. The summed E-state index contributed by atoms with van der Waals surface area (Å²) in [6.45, 7) is 6.43. The van der Waals surface area contributed by atoms with Gasteiger partial charge in [0.05, 0.1) is 12.0 Å². The fourth-order valence-corrected chi connectivity index (χ4v) is 3.82. The summed E-state index contributed by atoms with van der Waals surface area (Å²) in [5.74, 6) is -0.332. The highest BCUT2D eigenvalue weighted by Crippen LogP contribution is 2.18. The van der Waals surface area contributed by atoms with Crippen molar-refractivity contribution in [1.82, 2.24) is 9.79 Å². The van der Waals surface area contributed by atoms with Crippen LogP contribution in [0.2, 0.25) is 0 Å². The van der Waals surface area contributed by atoms with Crippen molar-refractivity contribution in [2.24, 2.45) is 0 Å². The molecule has 0 heterocycles. The summed E-state index contributed by atoms with van der Waals surface area (Å²) < 4.78 is 25.4. The average molecular weight is 376 g/mol. The molecule has 0 aromatic heterocycles. The van der Waals surface area contributed by atoms with Crippen LogP contribution in [0.5, 0.6) is 0 Å². The molecule has 0 unspecified atom stereocenters. The minimum absolute atomic E-state index is 0.00260. The number of amides is 1. The molecule has 140 valence electrons. The van der Waals surface area contributed by atoms with Gasteiger partial charge in [0.2, 0.25) is 0 Å². The number of aryl methyl sites for hydroxylation is 3. The minimum Gasteiger partial charge on any atom is -0.348 e. The van der Waals surface area contributed by atoms with Gasteiger partial charge < -0.3 is 5.32 Å². The Labute approximate surface area is 154 Å². The standard InChI is InChI=1S/C19H24N2O4S/c1-13-9-14(2)18(15(3)10-13)12-20-19(22)16-7-6-8-17(11-16)26(23,24)21(4)25-5/h6-11H,12H2,1-5H3,(H,20,22). The molecule has 0 aliphatic heterocycles.